The zero-order valence-corrected chi connectivity index (χ0v) is 8.01. The minimum Gasteiger partial charge on any atom is -0.381 e. The van der Waals surface area contributed by atoms with Gasteiger partial charge in [-0.2, -0.15) is 0 Å². The van der Waals surface area contributed by atoms with Crippen LogP contribution in [0.4, 0.5) is 0 Å². The molecule has 3 saturated heterocycles. The van der Waals surface area contributed by atoms with Gasteiger partial charge in [0.15, 0.2) is 0 Å². The van der Waals surface area contributed by atoms with Crippen molar-refractivity contribution in [2.24, 2.45) is 5.41 Å². The summed E-state index contributed by atoms with van der Waals surface area (Å²) in [7, 11) is -1.01. The lowest BCUT2D eigenvalue weighted by Gasteiger charge is -2.43. The summed E-state index contributed by atoms with van der Waals surface area (Å²) < 4.78 is 21.3. The molecule has 70 valence electrons. The molecule has 0 spiro atoms. The summed E-state index contributed by atoms with van der Waals surface area (Å²) in [5.41, 5.74) is -0.0346. The van der Waals surface area contributed by atoms with E-state index in [-0.39, 0.29) is 5.41 Å². The minimum atomic E-state index is -1.01. The van der Waals surface area contributed by atoms with Crippen LogP contribution in [0.15, 0.2) is 0 Å². The van der Waals surface area contributed by atoms with Crippen molar-refractivity contribution in [2.75, 3.05) is 33.0 Å². The van der Waals surface area contributed by atoms with Crippen molar-refractivity contribution in [3.63, 3.8) is 0 Å². The molecule has 0 aromatic heterocycles. The van der Waals surface area contributed by atoms with Crippen molar-refractivity contribution in [1.29, 1.82) is 0 Å². The van der Waals surface area contributed by atoms with Gasteiger partial charge in [0, 0.05) is 6.61 Å². The summed E-state index contributed by atoms with van der Waals surface area (Å²) in [5, 5.41) is 0. The van der Waals surface area contributed by atoms with Gasteiger partial charge < -0.3 is 18.3 Å². The van der Waals surface area contributed by atoms with Crippen LogP contribution >= 0.6 is 8.60 Å². The SMILES string of the molecule is CCOCC12COP(OC1)OC2. The fourth-order valence-corrected chi connectivity index (χ4v) is 2.61. The maximum atomic E-state index is 5.36. The zero-order chi connectivity index (χ0) is 8.44. The van der Waals surface area contributed by atoms with E-state index in [1.54, 1.807) is 0 Å². The van der Waals surface area contributed by atoms with Gasteiger partial charge in [-0.25, -0.2) is 0 Å². The maximum Gasteiger partial charge on any atom is 0.332 e. The quantitative estimate of drug-likeness (QED) is 0.632. The smallest absolute Gasteiger partial charge is 0.332 e. The molecule has 3 fully saturated rings. The Bertz CT molecular complexity index is 142. The van der Waals surface area contributed by atoms with E-state index in [1.165, 1.54) is 0 Å². The first kappa shape index (κ1) is 8.85. The maximum absolute atomic E-state index is 5.36. The van der Waals surface area contributed by atoms with Gasteiger partial charge in [0.2, 0.25) is 0 Å². The second-order valence-corrected chi connectivity index (χ2v) is 4.40. The molecule has 0 N–H and O–H groups in total. The molecule has 12 heavy (non-hydrogen) atoms. The van der Waals surface area contributed by atoms with Crippen LogP contribution in [0.2, 0.25) is 0 Å². The third-order valence-corrected chi connectivity index (χ3v) is 3.06. The lowest BCUT2D eigenvalue weighted by atomic mass is 9.92. The van der Waals surface area contributed by atoms with E-state index in [0.717, 1.165) is 26.4 Å². The van der Waals surface area contributed by atoms with Crippen LogP contribution in [-0.4, -0.2) is 33.0 Å². The first-order valence-electron chi connectivity index (χ1n) is 4.11. The number of hydrogen-bond donors (Lipinski definition) is 0. The predicted octanol–water partition coefficient (Wildman–Crippen LogP) is 1.31. The molecule has 0 saturated carbocycles. The summed E-state index contributed by atoms with van der Waals surface area (Å²) in [6, 6.07) is 0. The van der Waals surface area contributed by atoms with Crippen LogP contribution in [0.1, 0.15) is 6.92 Å². The summed E-state index contributed by atoms with van der Waals surface area (Å²) >= 11 is 0. The molecule has 0 radical (unpaired) electrons. The van der Waals surface area contributed by atoms with Gasteiger partial charge in [-0.3, -0.25) is 0 Å². The number of fused-ring (bicyclic) bond motifs is 3. The minimum absolute atomic E-state index is 0.0346. The van der Waals surface area contributed by atoms with Crippen LogP contribution in [0.3, 0.4) is 0 Å². The highest BCUT2D eigenvalue weighted by Gasteiger charge is 2.44. The third kappa shape index (κ3) is 1.63. The largest absolute Gasteiger partial charge is 0.381 e. The van der Waals surface area contributed by atoms with Crippen molar-refractivity contribution in [3.05, 3.63) is 0 Å². The van der Waals surface area contributed by atoms with Crippen LogP contribution in [0.25, 0.3) is 0 Å². The average molecular weight is 192 g/mol. The van der Waals surface area contributed by atoms with Gasteiger partial charge in [-0.05, 0) is 6.92 Å². The normalized spacial score (nSPS) is 40.2. The third-order valence-electron chi connectivity index (χ3n) is 2.04. The van der Waals surface area contributed by atoms with Gasteiger partial charge in [-0.15, -0.1) is 0 Å². The Morgan fingerprint density at radius 2 is 1.83 bits per heavy atom. The molecule has 3 aliphatic rings. The highest BCUT2D eigenvalue weighted by atomic mass is 31.2. The van der Waals surface area contributed by atoms with Crippen LogP contribution in [-0.2, 0) is 18.3 Å². The van der Waals surface area contributed by atoms with Crippen molar-refractivity contribution >= 4 is 8.60 Å². The molecule has 4 nitrogen and oxygen atoms in total. The van der Waals surface area contributed by atoms with E-state index in [0.29, 0.717) is 6.61 Å². The Kier molecular flexibility index (Phi) is 2.63. The Labute approximate surface area is 73.1 Å². The van der Waals surface area contributed by atoms with Crippen molar-refractivity contribution in [3.8, 4) is 0 Å². The molecule has 2 bridgehead atoms. The molecule has 3 aliphatic heterocycles. The second-order valence-electron chi connectivity index (χ2n) is 3.18. The number of hydrogen-bond acceptors (Lipinski definition) is 4. The van der Waals surface area contributed by atoms with E-state index < -0.39 is 8.60 Å². The molecule has 0 aliphatic carbocycles. The van der Waals surface area contributed by atoms with Crippen molar-refractivity contribution < 1.29 is 18.3 Å². The average Bonchev–Trinajstić information content (AvgIpc) is 2.18. The summed E-state index contributed by atoms with van der Waals surface area (Å²) in [5.74, 6) is 0. The van der Waals surface area contributed by atoms with Gasteiger partial charge in [0.1, 0.15) is 0 Å². The molecule has 0 unspecified atom stereocenters. The van der Waals surface area contributed by atoms with E-state index in [9.17, 15) is 0 Å². The molecular formula is C7H13O4P. The monoisotopic (exact) mass is 192 g/mol. The van der Waals surface area contributed by atoms with E-state index in [1.807, 2.05) is 6.92 Å². The Hall–Kier alpha value is 0.270. The molecule has 0 atom stereocenters. The van der Waals surface area contributed by atoms with Crippen molar-refractivity contribution in [2.45, 2.75) is 6.92 Å². The Morgan fingerprint density at radius 3 is 2.33 bits per heavy atom. The van der Waals surface area contributed by atoms with E-state index in [2.05, 4.69) is 0 Å². The summed E-state index contributed by atoms with van der Waals surface area (Å²) in [6.07, 6.45) is 0. The van der Waals surface area contributed by atoms with Gasteiger partial charge >= 0.3 is 8.60 Å². The number of ether oxygens (including phenoxy) is 1. The molecule has 3 heterocycles. The molecule has 3 rings (SSSR count). The lowest BCUT2D eigenvalue weighted by Crippen LogP contribution is -2.46. The van der Waals surface area contributed by atoms with Gasteiger partial charge in [0.25, 0.3) is 0 Å². The topological polar surface area (TPSA) is 36.9 Å². The standard InChI is InChI=1S/C7H13O4P/c1-2-8-3-7-4-9-12(10-5-7)11-6-7/h2-6H2,1H3. The van der Waals surface area contributed by atoms with E-state index in [4.69, 9.17) is 18.3 Å². The fourth-order valence-electron chi connectivity index (χ4n) is 1.25. The van der Waals surface area contributed by atoms with Crippen molar-refractivity contribution in [1.82, 2.24) is 0 Å². The molecule has 0 aromatic rings. The first-order valence-corrected chi connectivity index (χ1v) is 5.21. The van der Waals surface area contributed by atoms with Gasteiger partial charge in [-0.1, -0.05) is 0 Å². The van der Waals surface area contributed by atoms with Crippen LogP contribution < -0.4 is 0 Å². The number of rotatable bonds is 3. The zero-order valence-electron chi connectivity index (χ0n) is 7.12. The van der Waals surface area contributed by atoms with Crippen LogP contribution in [0.5, 0.6) is 0 Å². The highest BCUT2D eigenvalue weighted by Crippen LogP contribution is 2.53. The second kappa shape index (κ2) is 3.56. The molecule has 0 amide bonds. The fraction of sp³-hybridized carbons (Fsp3) is 1.00. The highest BCUT2D eigenvalue weighted by molar-refractivity contribution is 7.41. The molecule has 5 heteroatoms. The first-order chi connectivity index (χ1) is 5.85. The predicted molar refractivity (Wildman–Crippen MR) is 43.7 cm³/mol. The molecular weight excluding hydrogens is 179 g/mol. The van der Waals surface area contributed by atoms with Crippen LogP contribution in [0, 0.1) is 5.41 Å². The van der Waals surface area contributed by atoms with E-state index >= 15 is 0 Å². The summed E-state index contributed by atoms with van der Waals surface area (Å²) in [4.78, 5) is 0. The lowest BCUT2D eigenvalue weighted by molar-refractivity contribution is -0.109. The summed E-state index contributed by atoms with van der Waals surface area (Å²) in [6.45, 7) is 5.55. The Morgan fingerprint density at radius 1 is 1.25 bits per heavy atom. The Balaban J connectivity index is 1.90. The van der Waals surface area contributed by atoms with Gasteiger partial charge in [0.05, 0.1) is 31.8 Å². The molecule has 0 aromatic carbocycles.